The summed E-state index contributed by atoms with van der Waals surface area (Å²) in [5, 5.41) is 0. The van der Waals surface area contributed by atoms with Crippen LogP contribution in [0.1, 0.15) is 39.0 Å². The summed E-state index contributed by atoms with van der Waals surface area (Å²) in [6.45, 7) is 2.17. The van der Waals surface area contributed by atoms with Crippen molar-refractivity contribution in [3.63, 3.8) is 0 Å². The van der Waals surface area contributed by atoms with Gasteiger partial charge in [-0.05, 0) is 26.2 Å². The van der Waals surface area contributed by atoms with Crippen LogP contribution < -0.4 is 0 Å². The van der Waals surface area contributed by atoms with Crippen LogP contribution in [0, 0.1) is 29.6 Å². The highest BCUT2D eigenvalue weighted by molar-refractivity contribution is 5.09. The molecule has 0 N–H and O–H groups in total. The second-order valence-corrected chi connectivity index (χ2v) is 3.41. The molecule has 1 aliphatic carbocycles. The van der Waals surface area contributed by atoms with E-state index in [0.717, 1.165) is 32.1 Å². The third-order valence-electron chi connectivity index (χ3n) is 2.31. The zero-order valence-electron chi connectivity index (χ0n) is 7.11. The molecule has 1 aliphatic rings. The first-order chi connectivity index (χ1) is 5.27. The fourth-order valence-electron chi connectivity index (χ4n) is 1.35. The van der Waals surface area contributed by atoms with Gasteiger partial charge in [-0.25, -0.2) is 0 Å². The molecule has 0 fully saturated rings. The van der Waals surface area contributed by atoms with Crippen molar-refractivity contribution in [2.75, 3.05) is 0 Å². The molecule has 0 radical (unpaired) electrons. The van der Waals surface area contributed by atoms with Crippen molar-refractivity contribution >= 4 is 0 Å². The van der Waals surface area contributed by atoms with E-state index in [-0.39, 0.29) is 5.41 Å². The van der Waals surface area contributed by atoms with E-state index >= 15 is 0 Å². The van der Waals surface area contributed by atoms with E-state index in [9.17, 15) is 0 Å². The topological polar surface area (TPSA) is 0 Å². The van der Waals surface area contributed by atoms with Crippen LogP contribution in [0.4, 0.5) is 0 Å². The smallest absolute Gasteiger partial charge is 0.0293 e. The van der Waals surface area contributed by atoms with Crippen molar-refractivity contribution in [2.45, 2.75) is 39.0 Å². The number of rotatable bonds is 0. The molecule has 1 unspecified atom stereocenters. The van der Waals surface area contributed by atoms with Crippen LogP contribution in [0.5, 0.6) is 0 Å². The van der Waals surface area contributed by atoms with Gasteiger partial charge in [-0.2, -0.15) is 0 Å². The highest BCUT2D eigenvalue weighted by atomic mass is 14.2. The average Bonchev–Trinajstić information content (AvgIpc) is 1.98. The maximum atomic E-state index is 5.46. The highest BCUT2D eigenvalue weighted by Crippen LogP contribution is 2.29. The van der Waals surface area contributed by atoms with E-state index in [4.69, 9.17) is 6.42 Å². The Bertz CT molecular complexity index is 221. The van der Waals surface area contributed by atoms with Gasteiger partial charge in [0.1, 0.15) is 0 Å². The van der Waals surface area contributed by atoms with Gasteiger partial charge in [0.15, 0.2) is 0 Å². The summed E-state index contributed by atoms with van der Waals surface area (Å²) in [7, 11) is 0. The number of hydrogen-bond donors (Lipinski definition) is 0. The Kier molecular flexibility index (Phi) is 2.61. The molecule has 1 atom stereocenters. The van der Waals surface area contributed by atoms with Gasteiger partial charge in [0.25, 0.3) is 0 Å². The SMILES string of the molecule is C#CC1(C)CCC#CCCC1. The van der Waals surface area contributed by atoms with Gasteiger partial charge < -0.3 is 0 Å². The Morgan fingerprint density at radius 2 is 2.00 bits per heavy atom. The molecule has 0 heterocycles. The molecular weight excluding hydrogens is 132 g/mol. The Hall–Kier alpha value is -0.880. The second kappa shape index (κ2) is 3.49. The second-order valence-electron chi connectivity index (χ2n) is 3.41. The van der Waals surface area contributed by atoms with Crippen LogP contribution in [-0.2, 0) is 0 Å². The van der Waals surface area contributed by atoms with Gasteiger partial charge in [-0.1, -0.05) is 0 Å². The van der Waals surface area contributed by atoms with Gasteiger partial charge in [0.05, 0.1) is 0 Å². The van der Waals surface area contributed by atoms with E-state index in [2.05, 4.69) is 24.7 Å². The van der Waals surface area contributed by atoms with Crippen molar-refractivity contribution in [3.8, 4) is 24.2 Å². The molecule has 1 rings (SSSR count). The third-order valence-corrected chi connectivity index (χ3v) is 2.31. The molecule has 0 spiro atoms. The van der Waals surface area contributed by atoms with Crippen molar-refractivity contribution in [2.24, 2.45) is 5.41 Å². The predicted octanol–water partition coefficient (Wildman–Crippen LogP) is 2.59. The van der Waals surface area contributed by atoms with E-state index in [1.54, 1.807) is 0 Å². The maximum Gasteiger partial charge on any atom is 0.0293 e. The van der Waals surface area contributed by atoms with Crippen molar-refractivity contribution in [1.29, 1.82) is 0 Å². The maximum absolute atomic E-state index is 5.46. The molecule has 0 nitrogen and oxygen atoms in total. The minimum Gasteiger partial charge on any atom is -0.120 e. The van der Waals surface area contributed by atoms with E-state index in [1.807, 2.05) is 0 Å². The standard InChI is InChI=1S/C11H14/c1-3-11(2)9-7-5-4-6-8-10-11/h1H,5,7-10H2,2H3. The predicted molar refractivity (Wildman–Crippen MR) is 47.8 cm³/mol. The van der Waals surface area contributed by atoms with Gasteiger partial charge in [0.2, 0.25) is 0 Å². The fraction of sp³-hybridized carbons (Fsp3) is 0.636. The molecule has 11 heavy (non-hydrogen) atoms. The van der Waals surface area contributed by atoms with Gasteiger partial charge in [-0.15, -0.1) is 24.2 Å². The molecule has 0 aromatic carbocycles. The van der Waals surface area contributed by atoms with Crippen LogP contribution >= 0.6 is 0 Å². The summed E-state index contributed by atoms with van der Waals surface area (Å²) in [6.07, 6.45) is 10.8. The zero-order chi connectivity index (χ0) is 8.16. The molecule has 0 saturated heterocycles. The summed E-state index contributed by atoms with van der Waals surface area (Å²) in [6, 6.07) is 0. The third kappa shape index (κ3) is 2.32. The summed E-state index contributed by atoms with van der Waals surface area (Å²) in [5.41, 5.74) is 0.120. The first kappa shape index (κ1) is 8.22. The van der Waals surface area contributed by atoms with Crippen LogP contribution in [0.3, 0.4) is 0 Å². The fourth-order valence-corrected chi connectivity index (χ4v) is 1.35. The summed E-state index contributed by atoms with van der Waals surface area (Å²) < 4.78 is 0. The Morgan fingerprint density at radius 1 is 1.27 bits per heavy atom. The Labute approximate surface area is 69.4 Å². The van der Waals surface area contributed by atoms with E-state index in [0.29, 0.717) is 0 Å². The monoisotopic (exact) mass is 146 g/mol. The molecule has 0 aromatic heterocycles. The molecule has 0 aromatic rings. The molecule has 58 valence electrons. The molecular formula is C11H14. The Morgan fingerprint density at radius 3 is 2.73 bits per heavy atom. The number of terminal acetylenes is 1. The normalized spacial score (nSPS) is 30.5. The van der Waals surface area contributed by atoms with Crippen molar-refractivity contribution in [3.05, 3.63) is 0 Å². The lowest BCUT2D eigenvalue weighted by atomic mass is 9.81. The molecule has 0 saturated carbocycles. The van der Waals surface area contributed by atoms with Crippen LogP contribution in [0.2, 0.25) is 0 Å². The number of hydrogen-bond acceptors (Lipinski definition) is 0. The largest absolute Gasteiger partial charge is 0.120 e. The van der Waals surface area contributed by atoms with Gasteiger partial charge in [-0.3, -0.25) is 0 Å². The van der Waals surface area contributed by atoms with Crippen LogP contribution in [-0.4, -0.2) is 0 Å². The molecule has 0 bridgehead atoms. The lowest BCUT2D eigenvalue weighted by molar-refractivity contribution is 0.371. The van der Waals surface area contributed by atoms with Crippen LogP contribution in [0.15, 0.2) is 0 Å². The average molecular weight is 146 g/mol. The van der Waals surface area contributed by atoms with E-state index in [1.165, 1.54) is 0 Å². The summed E-state index contributed by atoms with van der Waals surface area (Å²) in [5.74, 6) is 9.14. The Balaban J connectivity index is 2.60. The van der Waals surface area contributed by atoms with Crippen LogP contribution in [0.25, 0.3) is 0 Å². The summed E-state index contributed by atoms with van der Waals surface area (Å²) >= 11 is 0. The first-order valence-electron chi connectivity index (χ1n) is 4.20. The highest BCUT2D eigenvalue weighted by Gasteiger charge is 2.20. The van der Waals surface area contributed by atoms with Crippen molar-refractivity contribution < 1.29 is 0 Å². The molecule has 0 heteroatoms. The lowest BCUT2D eigenvalue weighted by Crippen LogP contribution is -2.13. The lowest BCUT2D eigenvalue weighted by Gasteiger charge is -2.22. The first-order valence-corrected chi connectivity index (χ1v) is 4.20. The minimum absolute atomic E-state index is 0.120. The van der Waals surface area contributed by atoms with E-state index < -0.39 is 0 Å². The van der Waals surface area contributed by atoms with Crippen molar-refractivity contribution in [1.82, 2.24) is 0 Å². The van der Waals surface area contributed by atoms with Gasteiger partial charge >= 0.3 is 0 Å². The van der Waals surface area contributed by atoms with Gasteiger partial charge in [0, 0.05) is 18.3 Å². The summed E-state index contributed by atoms with van der Waals surface area (Å²) in [4.78, 5) is 0. The molecule has 0 amide bonds. The minimum atomic E-state index is 0.120. The zero-order valence-corrected chi connectivity index (χ0v) is 7.11. The quantitative estimate of drug-likeness (QED) is 0.461. The molecule has 0 aliphatic heterocycles.